The Labute approximate surface area is 227 Å². The Bertz CT molecular complexity index is 1650. The van der Waals surface area contributed by atoms with E-state index in [0.717, 1.165) is 66.9 Å². The number of nitrogens with two attached hydrogens (primary N) is 1. The number of nitrogens with zero attached hydrogens (tertiary/aromatic N) is 6. The van der Waals surface area contributed by atoms with Crippen LogP contribution in [0.2, 0.25) is 0 Å². The highest BCUT2D eigenvalue weighted by molar-refractivity contribution is 7.92. The number of carbonyl (C=O) groups is 1. The van der Waals surface area contributed by atoms with Crippen LogP contribution in [0, 0.1) is 5.92 Å². The number of pyridine rings is 1. The third-order valence-corrected chi connectivity index (χ3v) is 7.84. The van der Waals surface area contributed by atoms with E-state index in [1.165, 1.54) is 0 Å². The summed E-state index contributed by atoms with van der Waals surface area (Å²) in [5.41, 5.74) is 9.38. The second-order valence-corrected chi connectivity index (χ2v) is 13.2. The van der Waals surface area contributed by atoms with Gasteiger partial charge in [-0.2, -0.15) is 9.35 Å². The monoisotopic (exact) mass is 544 g/mol. The van der Waals surface area contributed by atoms with Crippen molar-refractivity contribution in [2.75, 3.05) is 35.8 Å². The Morgan fingerprint density at radius 3 is 2.46 bits per heavy atom. The summed E-state index contributed by atoms with van der Waals surface area (Å²) in [4.78, 5) is 27.9. The van der Waals surface area contributed by atoms with Gasteiger partial charge in [-0.25, -0.2) is 14.2 Å². The fourth-order valence-corrected chi connectivity index (χ4v) is 5.66. The van der Waals surface area contributed by atoms with Gasteiger partial charge in [0.1, 0.15) is 5.82 Å². The highest BCUT2D eigenvalue weighted by Crippen LogP contribution is 2.43. The number of aromatic nitrogens is 4. The lowest BCUT2D eigenvalue weighted by Crippen LogP contribution is -2.38. The minimum Gasteiger partial charge on any atom is -0.371 e. The lowest BCUT2D eigenvalue weighted by atomic mass is 9.96. The minimum atomic E-state index is -2.33. The summed E-state index contributed by atoms with van der Waals surface area (Å²) in [6, 6.07) is 15.9. The van der Waals surface area contributed by atoms with Gasteiger partial charge in [-0.1, -0.05) is 6.07 Å². The van der Waals surface area contributed by atoms with Crippen molar-refractivity contribution in [3.8, 4) is 5.82 Å². The highest BCUT2D eigenvalue weighted by Gasteiger charge is 2.29. The van der Waals surface area contributed by atoms with Crippen LogP contribution in [0.3, 0.4) is 0 Å². The molecule has 3 N–H and O–H groups in total. The number of primary amides is 1. The standard InChI is InChI=1S/C28H32N8O2S/c1-39(2,38)34-24-4-3-5-25(32-24)36-23(18-6-7-18)16-20-17-30-28(33-27(20)36)31-21-8-10-22(11-9-21)35-14-12-19(13-15-35)26(29)37/h3-5,8-11,16-19H,6-7,12-15H2,1-2H3,(H2,29,37)(H,30,31,33). The van der Waals surface area contributed by atoms with E-state index in [1.807, 2.05) is 30.5 Å². The van der Waals surface area contributed by atoms with Gasteiger partial charge in [0, 0.05) is 69.9 Å². The first-order valence-corrected chi connectivity index (χ1v) is 15.5. The molecular weight excluding hydrogens is 512 g/mol. The summed E-state index contributed by atoms with van der Waals surface area (Å²) in [7, 11) is -2.33. The van der Waals surface area contributed by atoms with Crippen LogP contribution in [0.4, 0.5) is 23.1 Å². The number of carbonyl (C=O) groups excluding carboxylic acids is 1. The Kier molecular flexibility index (Phi) is 6.46. The van der Waals surface area contributed by atoms with Crippen molar-refractivity contribution in [1.29, 1.82) is 0 Å². The predicted octanol–water partition coefficient (Wildman–Crippen LogP) is 4.50. The molecule has 1 aromatic carbocycles. The van der Waals surface area contributed by atoms with Crippen molar-refractivity contribution in [3.05, 3.63) is 60.4 Å². The van der Waals surface area contributed by atoms with Crippen molar-refractivity contribution < 1.29 is 9.00 Å². The highest BCUT2D eigenvalue weighted by atomic mass is 32.2. The number of rotatable bonds is 7. The third-order valence-electron chi connectivity index (χ3n) is 7.21. The van der Waals surface area contributed by atoms with Crippen molar-refractivity contribution in [2.24, 2.45) is 16.0 Å². The van der Waals surface area contributed by atoms with E-state index in [1.54, 1.807) is 18.6 Å². The molecule has 2 aliphatic rings. The summed E-state index contributed by atoms with van der Waals surface area (Å²) < 4.78 is 18.6. The molecule has 3 aromatic heterocycles. The first-order valence-electron chi connectivity index (χ1n) is 13.2. The fourth-order valence-electron chi connectivity index (χ4n) is 5.11. The summed E-state index contributed by atoms with van der Waals surface area (Å²) in [6.07, 6.45) is 8.87. The number of hydrogen-bond acceptors (Lipinski definition) is 8. The first-order chi connectivity index (χ1) is 18.7. The number of amides is 1. The number of piperidine rings is 1. The maximum Gasteiger partial charge on any atom is 0.229 e. The van der Waals surface area contributed by atoms with Gasteiger partial charge in [-0.3, -0.25) is 9.36 Å². The van der Waals surface area contributed by atoms with Crippen molar-refractivity contribution in [1.82, 2.24) is 19.5 Å². The summed E-state index contributed by atoms with van der Waals surface area (Å²) >= 11 is 0. The molecule has 1 saturated heterocycles. The van der Waals surface area contributed by atoms with E-state index >= 15 is 0 Å². The number of benzene rings is 1. The van der Waals surface area contributed by atoms with Gasteiger partial charge in [0.15, 0.2) is 11.5 Å². The molecule has 0 bridgehead atoms. The molecule has 2 fully saturated rings. The zero-order valence-electron chi connectivity index (χ0n) is 22.1. The normalized spacial score (nSPS) is 16.4. The lowest BCUT2D eigenvalue weighted by Gasteiger charge is -2.32. The zero-order chi connectivity index (χ0) is 27.1. The average molecular weight is 545 g/mol. The van der Waals surface area contributed by atoms with Gasteiger partial charge < -0.3 is 16.0 Å². The van der Waals surface area contributed by atoms with Gasteiger partial charge in [0.25, 0.3) is 0 Å². The van der Waals surface area contributed by atoms with E-state index in [-0.39, 0.29) is 11.8 Å². The van der Waals surface area contributed by atoms with Crippen LogP contribution in [0.25, 0.3) is 16.9 Å². The number of anilines is 3. The minimum absolute atomic E-state index is 0.0275. The van der Waals surface area contributed by atoms with Gasteiger partial charge in [-0.15, -0.1) is 0 Å². The van der Waals surface area contributed by atoms with Crippen LogP contribution in [0.5, 0.6) is 0 Å². The molecule has 39 heavy (non-hydrogen) atoms. The van der Waals surface area contributed by atoms with Crippen LogP contribution >= 0.6 is 0 Å². The molecule has 202 valence electrons. The molecule has 0 spiro atoms. The Morgan fingerprint density at radius 1 is 1.05 bits per heavy atom. The van der Waals surface area contributed by atoms with Crippen molar-refractivity contribution in [2.45, 2.75) is 31.6 Å². The number of hydrogen-bond donors (Lipinski definition) is 2. The second-order valence-electron chi connectivity index (χ2n) is 10.6. The van der Waals surface area contributed by atoms with Crippen LogP contribution in [-0.2, 0) is 14.5 Å². The molecule has 1 aliphatic carbocycles. The molecule has 11 heteroatoms. The van der Waals surface area contributed by atoms with E-state index < -0.39 is 9.73 Å². The molecule has 10 nitrogen and oxygen atoms in total. The van der Waals surface area contributed by atoms with Gasteiger partial charge >= 0.3 is 0 Å². The Morgan fingerprint density at radius 2 is 1.79 bits per heavy atom. The van der Waals surface area contributed by atoms with E-state index in [4.69, 9.17) is 15.7 Å². The summed E-state index contributed by atoms with van der Waals surface area (Å²) in [6.45, 7) is 1.63. The smallest absolute Gasteiger partial charge is 0.229 e. The predicted molar refractivity (Wildman–Crippen MR) is 155 cm³/mol. The van der Waals surface area contributed by atoms with Crippen LogP contribution in [-0.4, -0.2) is 55.2 Å². The fraction of sp³-hybridized carbons (Fsp3) is 0.357. The molecule has 1 aliphatic heterocycles. The van der Waals surface area contributed by atoms with Crippen LogP contribution < -0.4 is 16.0 Å². The number of fused-ring (bicyclic) bond motifs is 1. The Hall–Kier alpha value is -3.99. The SMILES string of the molecule is CS(C)(=O)=Nc1cccc(-n2c(C3CC3)cc3cnc(Nc4ccc(N5CCC(C(N)=O)CC5)cc4)nc32)n1. The maximum atomic E-state index is 12.3. The molecule has 1 amide bonds. The van der Waals surface area contributed by atoms with Crippen LogP contribution in [0.15, 0.2) is 59.1 Å². The quantitative estimate of drug-likeness (QED) is 0.350. The largest absolute Gasteiger partial charge is 0.371 e. The zero-order valence-corrected chi connectivity index (χ0v) is 22.9. The van der Waals surface area contributed by atoms with Gasteiger partial charge in [-0.05, 0) is 74.1 Å². The molecule has 0 atom stereocenters. The second kappa shape index (κ2) is 9.96. The molecule has 0 radical (unpaired) electrons. The topological polar surface area (TPSA) is 131 Å². The maximum absolute atomic E-state index is 12.3. The average Bonchev–Trinajstić information content (AvgIpc) is 3.68. The van der Waals surface area contributed by atoms with E-state index in [0.29, 0.717) is 23.5 Å². The molecule has 4 aromatic rings. The summed E-state index contributed by atoms with van der Waals surface area (Å²) in [5.74, 6) is 1.86. The van der Waals surface area contributed by atoms with Crippen molar-refractivity contribution in [3.63, 3.8) is 0 Å². The van der Waals surface area contributed by atoms with E-state index in [9.17, 15) is 9.00 Å². The Balaban J connectivity index is 1.27. The lowest BCUT2D eigenvalue weighted by molar-refractivity contribution is -0.122. The van der Waals surface area contributed by atoms with Crippen LogP contribution in [0.1, 0.15) is 37.3 Å². The summed E-state index contributed by atoms with van der Waals surface area (Å²) in [5, 5.41) is 4.27. The van der Waals surface area contributed by atoms with Gasteiger partial charge in [0.05, 0.1) is 0 Å². The van der Waals surface area contributed by atoms with Crippen molar-refractivity contribution >= 4 is 49.8 Å². The number of nitrogens with one attached hydrogen (secondary N) is 1. The molecule has 0 unspecified atom stereocenters. The molecule has 1 saturated carbocycles. The molecule has 4 heterocycles. The first kappa shape index (κ1) is 25.3. The molecular formula is C28H32N8O2S. The van der Waals surface area contributed by atoms with Gasteiger partial charge in [0.2, 0.25) is 11.9 Å². The van der Waals surface area contributed by atoms with E-state index in [2.05, 4.69) is 42.3 Å². The third kappa shape index (κ3) is 5.58. The molecule has 6 rings (SSSR count).